The van der Waals surface area contributed by atoms with Crippen LogP contribution in [0.5, 0.6) is 0 Å². The Balaban J connectivity index is 1.86. The highest BCUT2D eigenvalue weighted by Crippen LogP contribution is 2.36. The minimum Gasteiger partial charge on any atom is -0.330 e. The van der Waals surface area contributed by atoms with Crippen molar-refractivity contribution >= 4 is 0 Å². The van der Waals surface area contributed by atoms with E-state index in [2.05, 4.69) is 11.8 Å². The van der Waals surface area contributed by atoms with E-state index < -0.39 is 0 Å². The zero-order valence-corrected chi connectivity index (χ0v) is 10.9. The molecule has 1 saturated heterocycles. The predicted molar refractivity (Wildman–Crippen MR) is 69.4 cm³/mol. The quantitative estimate of drug-likeness (QED) is 0.798. The molecule has 94 valence electrons. The van der Waals surface area contributed by atoms with Gasteiger partial charge in [-0.3, -0.25) is 0 Å². The lowest BCUT2D eigenvalue weighted by Crippen LogP contribution is -2.46. The number of hydrogen-bond acceptors (Lipinski definition) is 2. The van der Waals surface area contributed by atoms with Gasteiger partial charge in [-0.1, -0.05) is 26.2 Å². The minimum atomic E-state index is 0.471. The molecule has 2 aliphatic rings. The molecule has 2 fully saturated rings. The Kier molecular flexibility index (Phi) is 4.26. The molecule has 2 rings (SSSR count). The summed E-state index contributed by atoms with van der Waals surface area (Å²) in [4.78, 5) is 2.68. The van der Waals surface area contributed by atoms with Crippen molar-refractivity contribution in [3.05, 3.63) is 0 Å². The van der Waals surface area contributed by atoms with Crippen molar-refractivity contribution in [3.8, 4) is 0 Å². The SMILES string of the molecule is CC1CCN(CC2(CN)CCCCC2)CC1. The molecule has 0 spiro atoms. The summed E-state index contributed by atoms with van der Waals surface area (Å²) in [5.41, 5.74) is 6.53. The fourth-order valence-corrected chi connectivity index (χ4v) is 3.42. The first-order valence-electron chi connectivity index (χ1n) is 7.16. The Bertz CT molecular complexity index is 201. The fraction of sp³-hybridized carbons (Fsp3) is 1.00. The van der Waals surface area contributed by atoms with Crippen molar-refractivity contribution in [2.24, 2.45) is 17.1 Å². The lowest BCUT2D eigenvalue weighted by molar-refractivity contribution is 0.0869. The van der Waals surface area contributed by atoms with Crippen molar-refractivity contribution in [2.45, 2.75) is 51.9 Å². The normalized spacial score (nSPS) is 28.1. The van der Waals surface area contributed by atoms with Crippen molar-refractivity contribution in [1.29, 1.82) is 0 Å². The Labute approximate surface area is 101 Å². The Hall–Kier alpha value is -0.0800. The van der Waals surface area contributed by atoms with Crippen LogP contribution in [0.25, 0.3) is 0 Å². The molecular weight excluding hydrogens is 196 g/mol. The van der Waals surface area contributed by atoms with Crippen LogP contribution in [0.2, 0.25) is 0 Å². The van der Waals surface area contributed by atoms with Gasteiger partial charge in [0.05, 0.1) is 0 Å². The highest BCUT2D eigenvalue weighted by atomic mass is 15.1. The second-order valence-corrected chi connectivity index (χ2v) is 6.22. The highest BCUT2D eigenvalue weighted by Gasteiger charge is 2.33. The summed E-state index contributed by atoms with van der Waals surface area (Å²) in [6.45, 7) is 7.18. The summed E-state index contributed by atoms with van der Waals surface area (Å²) in [6, 6.07) is 0. The summed E-state index contributed by atoms with van der Waals surface area (Å²) < 4.78 is 0. The summed E-state index contributed by atoms with van der Waals surface area (Å²) in [6.07, 6.45) is 9.76. The van der Waals surface area contributed by atoms with Gasteiger partial charge in [-0.2, -0.15) is 0 Å². The van der Waals surface area contributed by atoms with Gasteiger partial charge in [0.2, 0.25) is 0 Å². The van der Waals surface area contributed by atoms with Crippen molar-refractivity contribution in [2.75, 3.05) is 26.2 Å². The second-order valence-electron chi connectivity index (χ2n) is 6.22. The molecule has 1 heterocycles. The number of nitrogens with two attached hydrogens (primary N) is 1. The van der Waals surface area contributed by atoms with Crippen LogP contribution in [0, 0.1) is 11.3 Å². The first kappa shape index (κ1) is 12.4. The number of nitrogens with zero attached hydrogens (tertiary/aromatic N) is 1. The molecule has 0 bridgehead atoms. The molecule has 0 amide bonds. The monoisotopic (exact) mass is 224 g/mol. The van der Waals surface area contributed by atoms with Gasteiger partial charge in [-0.05, 0) is 56.7 Å². The fourth-order valence-electron chi connectivity index (χ4n) is 3.42. The van der Waals surface area contributed by atoms with Crippen molar-refractivity contribution in [3.63, 3.8) is 0 Å². The average Bonchev–Trinajstić information content (AvgIpc) is 2.33. The van der Waals surface area contributed by atoms with E-state index in [-0.39, 0.29) is 0 Å². The maximum atomic E-state index is 6.06. The van der Waals surface area contributed by atoms with E-state index in [0.29, 0.717) is 5.41 Å². The third-order valence-electron chi connectivity index (χ3n) is 4.78. The van der Waals surface area contributed by atoms with Gasteiger partial charge in [0.15, 0.2) is 0 Å². The Morgan fingerprint density at radius 2 is 1.75 bits per heavy atom. The number of hydrogen-bond donors (Lipinski definition) is 1. The van der Waals surface area contributed by atoms with Gasteiger partial charge >= 0.3 is 0 Å². The van der Waals surface area contributed by atoms with E-state index in [0.717, 1.165) is 12.5 Å². The minimum absolute atomic E-state index is 0.471. The first-order valence-corrected chi connectivity index (χ1v) is 7.16. The van der Waals surface area contributed by atoms with Crippen LogP contribution >= 0.6 is 0 Å². The van der Waals surface area contributed by atoms with E-state index in [1.54, 1.807) is 0 Å². The summed E-state index contributed by atoms with van der Waals surface area (Å²) in [5.74, 6) is 0.941. The lowest BCUT2D eigenvalue weighted by atomic mass is 9.73. The molecule has 2 N–H and O–H groups in total. The standard InChI is InChI=1S/C14H28N2/c1-13-5-9-16(10-6-13)12-14(11-15)7-3-2-4-8-14/h13H,2-12,15H2,1H3. The average molecular weight is 224 g/mol. The molecule has 2 nitrogen and oxygen atoms in total. The molecule has 0 unspecified atom stereocenters. The first-order chi connectivity index (χ1) is 7.74. The maximum absolute atomic E-state index is 6.06. The molecule has 16 heavy (non-hydrogen) atoms. The van der Waals surface area contributed by atoms with Gasteiger partial charge < -0.3 is 10.6 Å². The van der Waals surface area contributed by atoms with Crippen molar-refractivity contribution in [1.82, 2.24) is 4.90 Å². The summed E-state index contributed by atoms with van der Waals surface area (Å²) >= 11 is 0. The number of rotatable bonds is 3. The third kappa shape index (κ3) is 2.98. The smallest absolute Gasteiger partial charge is 0.00501 e. The zero-order valence-electron chi connectivity index (χ0n) is 10.9. The third-order valence-corrected chi connectivity index (χ3v) is 4.78. The molecule has 1 aliphatic carbocycles. The molecule has 0 atom stereocenters. The highest BCUT2D eigenvalue weighted by molar-refractivity contribution is 4.87. The molecule has 1 saturated carbocycles. The summed E-state index contributed by atoms with van der Waals surface area (Å²) in [7, 11) is 0. The van der Waals surface area contributed by atoms with Gasteiger partial charge in [0.1, 0.15) is 0 Å². The largest absolute Gasteiger partial charge is 0.330 e. The van der Waals surface area contributed by atoms with Crippen molar-refractivity contribution < 1.29 is 0 Å². The van der Waals surface area contributed by atoms with Crippen LogP contribution in [0.15, 0.2) is 0 Å². The van der Waals surface area contributed by atoms with Crippen LogP contribution in [-0.4, -0.2) is 31.1 Å². The number of likely N-dealkylation sites (tertiary alicyclic amines) is 1. The Morgan fingerprint density at radius 3 is 2.31 bits per heavy atom. The van der Waals surface area contributed by atoms with Crippen LogP contribution in [-0.2, 0) is 0 Å². The van der Waals surface area contributed by atoms with E-state index in [1.165, 1.54) is 64.6 Å². The summed E-state index contributed by atoms with van der Waals surface area (Å²) in [5, 5.41) is 0. The molecule has 0 aromatic carbocycles. The van der Waals surface area contributed by atoms with Gasteiger partial charge in [0.25, 0.3) is 0 Å². The van der Waals surface area contributed by atoms with E-state index in [9.17, 15) is 0 Å². The molecule has 0 aromatic heterocycles. The molecule has 0 radical (unpaired) electrons. The predicted octanol–water partition coefficient (Wildman–Crippen LogP) is 2.63. The van der Waals surface area contributed by atoms with Gasteiger partial charge in [-0.15, -0.1) is 0 Å². The van der Waals surface area contributed by atoms with E-state index >= 15 is 0 Å². The van der Waals surface area contributed by atoms with Crippen LogP contribution < -0.4 is 5.73 Å². The topological polar surface area (TPSA) is 29.3 Å². The molecule has 1 aliphatic heterocycles. The van der Waals surface area contributed by atoms with Gasteiger partial charge in [0, 0.05) is 6.54 Å². The van der Waals surface area contributed by atoms with Crippen LogP contribution in [0.3, 0.4) is 0 Å². The molecule has 0 aromatic rings. The zero-order chi connectivity index (χ0) is 11.4. The number of piperidine rings is 1. The Morgan fingerprint density at radius 1 is 1.12 bits per heavy atom. The van der Waals surface area contributed by atoms with Crippen LogP contribution in [0.1, 0.15) is 51.9 Å². The van der Waals surface area contributed by atoms with E-state index in [1.807, 2.05) is 0 Å². The lowest BCUT2D eigenvalue weighted by Gasteiger charge is -2.42. The second kappa shape index (κ2) is 5.50. The molecule has 2 heteroatoms. The van der Waals surface area contributed by atoms with E-state index in [4.69, 9.17) is 5.73 Å². The maximum Gasteiger partial charge on any atom is 0.00501 e. The van der Waals surface area contributed by atoms with Crippen LogP contribution in [0.4, 0.5) is 0 Å². The molecular formula is C14H28N2. The van der Waals surface area contributed by atoms with Gasteiger partial charge in [-0.25, -0.2) is 0 Å².